The third kappa shape index (κ3) is 3.09. The van der Waals surface area contributed by atoms with Gasteiger partial charge in [0.25, 0.3) is 0 Å². The molecule has 0 aliphatic rings. The molecule has 0 aliphatic heterocycles. The SMILES string of the molecule is BC(C)(O)Oc1ccccc1. The van der Waals surface area contributed by atoms with Crippen LogP contribution in [0.1, 0.15) is 6.92 Å². The van der Waals surface area contributed by atoms with Crippen LogP contribution in [0.3, 0.4) is 0 Å². The first kappa shape index (κ1) is 8.14. The maximum absolute atomic E-state index is 9.25. The molecule has 0 fully saturated rings. The van der Waals surface area contributed by atoms with Crippen molar-refractivity contribution >= 4 is 7.85 Å². The van der Waals surface area contributed by atoms with E-state index < -0.39 is 5.69 Å². The highest BCUT2D eigenvalue weighted by Crippen LogP contribution is 2.12. The molecule has 1 atom stereocenters. The molecular weight excluding hydrogens is 139 g/mol. The molecule has 0 radical (unpaired) electrons. The predicted octanol–water partition coefficient (Wildman–Crippen LogP) is 0.364. The van der Waals surface area contributed by atoms with Crippen LogP contribution < -0.4 is 4.74 Å². The molecule has 0 aromatic heterocycles. The Kier molecular flexibility index (Phi) is 2.20. The van der Waals surface area contributed by atoms with Crippen LogP contribution in [0.15, 0.2) is 30.3 Å². The first-order chi connectivity index (χ1) is 5.08. The molecule has 11 heavy (non-hydrogen) atoms. The molecule has 0 heterocycles. The molecule has 1 unspecified atom stereocenters. The minimum absolute atomic E-state index is 0.681. The van der Waals surface area contributed by atoms with Gasteiger partial charge in [-0.15, -0.1) is 0 Å². The summed E-state index contributed by atoms with van der Waals surface area (Å²) in [6.07, 6.45) is 0. The normalized spacial score (nSPS) is 15.5. The van der Waals surface area contributed by atoms with E-state index in [-0.39, 0.29) is 0 Å². The maximum Gasteiger partial charge on any atom is 0.194 e. The quantitative estimate of drug-likeness (QED) is 0.487. The summed E-state index contributed by atoms with van der Waals surface area (Å²) in [5.41, 5.74) is -1.10. The molecule has 0 bridgehead atoms. The minimum Gasteiger partial charge on any atom is -0.472 e. The van der Waals surface area contributed by atoms with E-state index in [2.05, 4.69) is 0 Å². The highest BCUT2D eigenvalue weighted by Gasteiger charge is 2.12. The lowest BCUT2D eigenvalue weighted by molar-refractivity contribution is -0.0448. The van der Waals surface area contributed by atoms with Gasteiger partial charge in [0.15, 0.2) is 13.5 Å². The zero-order valence-electron chi connectivity index (χ0n) is 6.74. The largest absolute Gasteiger partial charge is 0.472 e. The summed E-state index contributed by atoms with van der Waals surface area (Å²) in [6.45, 7) is 1.60. The van der Waals surface area contributed by atoms with Crippen molar-refractivity contribution in [1.29, 1.82) is 0 Å². The second-order valence-electron chi connectivity index (χ2n) is 2.86. The highest BCUT2D eigenvalue weighted by atomic mass is 16.6. The monoisotopic (exact) mass is 150 g/mol. The number of hydrogen-bond acceptors (Lipinski definition) is 2. The van der Waals surface area contributed by atoms with Crippen LogP contribution in [0.2, 0.25) is 0 Å². The van der Waals surface area contributed by atoms with E-state index in [1.54, 1.807) is 26.9 Å². The molecule has 1 aromatic carbocycles. The predicted molar refractivity (Wildman–Crippen MR) is 46.2 cm³/mol. The average molecular weight is 150 g/mol. The number of para-hydroxylation sites is 1. The second-order valence-corrected chi connectivity index (χ2v) is 2.86. The van der Waals surface area contributed by atoms with Crippen molar-refractivity contribution in [2.45, 2.75) is 12.6 Å². The summed E-state index contributed by atoms with van der Waals surface area (Å²) in [6, 6.07) is 9.23. The Hall–Kier alpha value is -0.955. The number of hydrogen-bond donors (Lipinski definition) is 1. The standard InChI is InChI=1S/C8H11BO2/c1-8(9,10)11-7-5-3-2-4-6-7/h2-6,10H,9H2,1H3. The molecule has 0 amide bonds. The van der Waals surface area contributed by atoms with Crippen LogP contribution >= 0.6 is 0 Å². The van der Waals surface area contributed by atoms with Gasteiger partial charge < -0.3 is 9.84 Å². The van der Waals surface area contributed by atoms with Crippen molar-refractivity contribution in [2.75, 3.05) is 0 Å². The third-order valence-electron chi connectivity index (χ3n) is 1.11. The van der Waals surface area contributed by atoms with Gasteiger partial charge in [0.1, 0.15) is 5.75 Å². The maximum atomic E-state index is 9.25. The second kappa shape index (κ2) is 2.97. The Bertz CT molecular complexity index is 215. The fourth-order valence-corrected chi connectivity index (χ4v) is 0.777. The average Bonchev–Trinajstić information content (AvgIpc) is 1.85. The minimum atomic E-state index is -1.10. The van der Waals surface area contributed by atoms with Gasteiger partial charge >= 0.3 is 0 Å². The number of rotatable bonds is 2. The lowest BCUT2D eigenvalue weighted by atomic mass is 9.97. The van der Waals surface area contributed by atoms with E-state index in [9.17, 15) is 5.11 Å². The number of ether oxygens (including phenoxy) is 1. The molecule has 0 saturated heterocycles. The summed E-state index contributed by atoms with van der Waals surface area (Å²) in [4.78, 5) is 0. The molecule has 0 spiro atoms. The summed E-state index contributed by atoms with van der Waals surface area (Å²) >= 11 is 0. The Morgan fingerprint density at radius 3 is 2.36 bits per heavy atom. The van der Waals surface area contributed by atoms with Crippen molar-refractivity contribution in [3.63, 3.8) is 0 Å². The fourth-order valence-electron chi connectivity index (χ4n) is 0.777. The lowest BCUT2D eigenvalue weighted by Gasteiger charge is -2.19. The topological polar surface area (TPSA) is 29.5 Å². The molecule has 1 N–H and O–H groups in total. The van der Waals surface area contributed by atoms with Crippen molar-refractivity contribution < 1.29 is 9.84 Å². The van der Waals surface area contributed by atoms with Crippen LogP contribution in [-0.2, 0) is 0 Å². The third-order valence-corrected chi connectivity index (χ3v) is 1.11. The van der Waals surface area contributed by atoms with Crippen molar-refractivity contribution in [3.8, 4) is 5.75 Å². The van der Waals surface area contributed by atoms with E-state index in [0.29, 0.717) is 5.75 Å². The van der Waals surface area contributed by atoms with E-state index in [1.165, 1.54) is 0 Å². The van der Waals surface area contributed by atoms with Crippen LogP contribution in [0.4, 0.5) is 0 Å². The summed E-state index contributed by atoms with van der Waals surface area (Å²) < 4.78 is 5.16. The van der Waals surface area contributed by atoms with Gasteiger partial charge in [-0.25, -0.2) is 0 Å². The van der Waals surface area contributed by atoms with Gasteiger partial charge in [0.05, 0.1) is 0 Å². The van der Waals surface area contributed by atoms with Crippen LogP contribution in [-0.4, -0.2) is 18.6 Å². The molecular formula is C8H11BO2. The first-order valence-corrected chi connectivity index (χ1v) is 3.54. The first-order valence-electron chi connectivity index (χ1n) is 3.54. The molecule has 0 aliphatic carbocycles. The molecule has 0 saturated carbocycles. The zero-order chi connectivity index (χ0) is 8.32. The van der Waals surface area contributed by atoms with Crippen molar-refractivity contribution in [3.05, 3.63) is 30.3 Å². The number of aliphatic hydroxyl groups is 1. The molecule has 1 rings (SSSR count). The number of benzene rings is 1. The zero-order valence-corrected chi connectivity index (χ0v) is 6.74. The Balaban J connectivity index is 2.66. The van der Waals surface area contributed by atoms with Gasteiger partial charge in [-0.1, -0.05) is 18.2 Å². The van der Waals surface area contributed by atoms with Crippen molar-refractivity contribution in [2.24, 2.45) is 0 Å². The van der Waals surface area contributed by atoms with Crippen molar-refractivity contribution in [1.82, 2.24) is 0 Å². The summed E-state index contributed by atoms with van der Waals surface area (Å²) in [7, 11) is 1.60. The smallest absolute Gasteiger partial charge is 0.194 e. The molecule has 1 aromatic rings. The van der Waals surface area contributed by atoms with E-state index in [0.717, 1.165) is 0 Å². The van der Waals surface area contributed by atoms with E-state index >= 15 is 0 Å². The Labute approximate surface area is 67.2 Å². The van der Waals surface area contributed by atoms with E-state index in [4.69, 9.17) is 4.74 Å². The van der Waals surface area contributed by atoms with Gasteiger partial charge in [-0.2, -0.15) is 0 Å². The lowest BCUT2D eigenvalue weighted by Crippen LogP contribution is -2.31. The summed E-state index contributed by atoms with van der Waals surface area (Å²) in [5.74, 6) is 0.681. The molecule has 3 heteroatoms. The van der Waals surface area contributed by atoms with Gasteiger partial charge in [-0.3, -0.25) is 0 Å². The molecule has 2 nitrogen and oxygen atoms in total. The molecule has 58 valence electrons. The fraction of sp³-hybridized carbons (Fsp3) is 0.250. The van der Waals surface area contributed by atoms with E-state index in [1.807, 2.05) is 18.2 Å². The van der Waals surface area contributed by atoms with Gasteiger partial charge in [0, 0.05) is 0 Å². The van der Waals surface area contributed by atoms with Gasteiger partial charge in [0.2, 0.25) is 0 Å². The Morgan fingerprint density at radius 1 is 1.36 bits per heavy atom. The highest BCUT2D eigenvalue weighted by molar-refractivity contribution is 6.13. The van der Waals surface area contributed by atoms with Crippen LogP contribution in [0.25, 0.3) is 0 Å². The van der Waals surface area contributed by atoms with Crippen LogP contribution in [0, 0.1) is 0 Å². The summed E-state index contributed by atoms with van der Waals surface area (Å²) in [5, 5.41) is 9.25. The van der Waals surface area contributed by atoms with Crippen LogP contribution in [0.5, 0.6) is 5.75 Å². The Morgan fingerprint density at radius 2 is 1.91 bits per heavy atom. The van der Waals surface area contributed by atoms with Gasteiger partial charge in [-0.05, 0) is 19.1 Å².